The summed E-state index contributed by atoms with van der Waals surface area (Å²) in [5.41, 5.74) is 2.21. The molecule has 0 amide bonds. The molecule has 1 atom stereocenters. The first-order valence-electron chi connectivity index (χ1n) is 5.64. The van der Waals surface area contributed by atoms with Crippen LogP contribution in [0.5, 0.6) is 0 Å². The number of nitrogens with one attached hydrogen (secondary N) is 1. The molecule has 2 fully saturated rings. The molecule has 14 heavy (non-hydrogen) atoms. The van der Waals surface area contributed by atoms with Gasteiger partial charge in [-0.1, -0.05) is 30.3 Å². The van der Waals surface area contributed by atoms with E-state index < -0.39 is 0 Å². The second-order valence-electron chi connectivity index (χ2n) is 4.94. The average molecular weight is 187 g/mol. The summed E-state index contributed by atoms with van der Waals surface area (Å²) in [6.45, 7) is 2.43. The molecule has 1 aliphatic heterocycles. The van der Waals surface area contributed by atoms with Crippen molar-refractivity contribution in [2.45, 2.75) is 25.2 Å². The van der Waals surface area contributed by atoms with Crippen LogP contribution < -0.4 is 5.32 Å². The fourth-order valence-electron chi connectivity index (χ4n) is 2.70. The van der Waals surface area contributed by atoms with Gasteiger partial charge in [-0.2, -0.15) is 0 Å². The van der Waals surface area contributed by atoms with E-state index in [4.69, 9.17) is 0 Å². The molecular formula is C13H17N. The maximum absolute atomic E-state index is 3.59. The third-order valence-corrected chi connectivity index (χ3v) is 3.80. The van der Waals surface area contributed by atoms with Gasteiger partial charge in [0.05, 0.1) is 0 Å². The van der Waals surface area contributed by atoms with E-state index in [9.17, 15) is 0 Å². The molecule has 1 aromatic carbocycles. The van der Waals surface area contributed by atoms with Gasteiger partial charge >= 0.3 is 0 Å². The Hall–Kier alpha value is -0.820. The molecule has 1 unspecified atom stereocenters. The predicted octanol–water partition coefficient (Wildman–Crippen LogP) is 2.54. The van der Waals surface area contributed by atoms with Gasteiger partial charge in [-0.25, -0.2) is 0 Å². The lowest BCUT2D eigenvalue weighted by Gasteiger charge is -2.30. The van der Waals surface area contributed by atoms with E-state index >= 15 is 0 Å². The van der Waals surface area contributed by atoms with Crippen LogP contribution in [0.25, 0.3) is 0 Å². The maximum atomic E-state index is 3.59. The van der Waals surface area contributed by atoms with Crippen molar-refractivity contribution in [3.05, 3.63) is 35.9 Å². The molecule has 74 valence electrons. The fourth-order valence-corrected chi connectivity index (χ4v) is 2.70. The average Bonchev–Trinajstić information content (AvgIpc) is 2.99. The molecule has 1 heterocycles. The number of rotatable bonds is 1. The minimum Gasteiger partial charge on any atom is -0.316 e. The lowest BCUT2D eigenvalue weighted by molar-refractivity contribution is 0.322. The van der Waals surface area contributed by atoms with E-state index in [-0.39, 0.29) is 0 Å². The van der Waals surface area contributed by atoms with Crippen molar-refractivity contribution in [3.63, 3.8) is 0 Å². The third kappa shape index (κ3) is 1.46. The Morgan fingerprint density at radius 1 is 1.14 bits per heavy atom. The summed E-state index contributed by atoms with van der Waals surface area (Å²) in [5, 5.41) is 3.59. The minimum absolute atomic E-state index is 0.693. The Balaban J connectivity index is 1.79. The van der Waals surface area contributed by atoms with Gasteiger partial charge in [0, 0.05) is 13.1 Å². The van der Waals surface area contributed by atoms with Gasteiger partial charge in [0.2, 0.25) is 0 Å². The lowest BCUT2D eigenvalue weighted by atomic mass is 9.84. The number of hydrogen-bond acceptors (Lipinski definition) is 1. The Labute approximate surface area is 85.5 Å². The van der Waals surface area contributed by atoms with Crippen LogP contribution in [0.15, 0.2) is 30.3 Å². The zero-order valence-electron chi connectivity index (χ0n) is 8.50. The van der Waals surface area contributed by atoms with E-state index in [1.165, 1.54) is 37.9 Å². The van der Waals surface area contributed by atoms with Crippen LogP contribution in [0.3, 0.4) is 0 Å². The van der Waals surface area contributed by atoms with E-state index in [2.05, 4.69) is 35.6 Å². The van der Waals surface area contributed by atoms with Gasteiger partial charge in [-0.15, -0.1) is 0 Å². The number of hydrogen-bond donors (Lipinski definition) is 1. The molecule has 2 aliphatic rings. The molecule has 1 saturated heterocycles. The first kappa shape index (κ1) is 8.49. The van der Waals surface area contributed by atoms with Gasteiger partial charge in [0.1, 0.15) is 0 Å². The molecule has 1 nitrogen and oxygen atoms in total. The van der Waals surface area contributed by atoms with Crippen molar-refractivity contribution in [1.82, 2.24) is 5.32 Å². The topological polar surface area (TPSA) is 12.0 Å². The van der Waals surface area contributed by atoms with Crippen LogP contribution in [0, 0.1) is 5.41 Å². The standard InChI is InChI=1S/C13H17N/c1-2-4-11(5-3-1)12-8-13(6-7-13)10-14-9-12/h1-5,12,14H,6-10H2. The molecule has 0 aromatic heterocycles. The Morgan fingerprint density at radius 3 is 2.64 bits per heavy atom. The minimum atomic E-state index is 0.693. The first-order valence-corrected chi connectivity index (χ1v) is 5.64. The van der Waals surface area contributed by atoms with Gasteiger partial charge in [0.15, 0.2) is 0 Å². The van der Waals surface area contributed by atoms with Crippen LogP contribution in [0.2, 0.25) is 0 Å². The highest BCUT2D eigenvalue weighted by molar-refractivity contribution is 5.22. The van der Waals surface area contributed by atoms with Crippen LogP contribution in [-0.4, -0.2) is 13.1 Å². The summed E-state index contributed by atoms with van der Waals surface area (Å²) in [4.78, 5) is 0. The molecule has 0 bridgehead atoms. The molecule has 1 saturated carbocycles. The summed E-state index contributed by atoms with van der Waals surface area (Å²) in [6.07, 6.45) is 4.30. The Morgan fingerprint density at radius 2 is 1.93 bits per heavy atom. The summed E-state index contributed by atoms with van der Waals surface area (Å²) in [5.74, 6) is 0.757. The number of benzene rings is 1. The monoisotopic (exact) mass is 187 g/mol. The highest BCUT2D eigenvalue weighted by atomic mass is 14.9. The number of piperidine rings is 1. The van der Waals surface area contributed by atoms with Crippen molar-refractivity contribution in [2.24, 2.45) is 5.41 Å². The summed E-state index contributed by atoms with van der Waals surface area (Å²) in [7, 11) is 0. The first-order chi connectivity index (χ1) is 6.88. The molecule has 3 rings (SSSR count). The van der Waals surface area contributed by atoms with Crippen LogP contribution in [0.1, 0.15) is 30.7 Å². The van der Waals surface area contributed by atoms with Crippen LogP contribution >= 0.6 is 0 Å². The lowest BCUT2D eigenvalue weighted by Crippen LogP contribution is -2.36. The van der Waals surface area contributed by atoms with E-state index in [0.29, 0.717) is 5.41 Å². The van der Waals surface area contributed by atoms with Gasteiger partial charge in [-0.05, 0) is 36.2 Å². The van der Waals surface area contributed by atoms with Crippen LogP contribution in [0.4, 0.5) is 0 Å². The van der Waals surface area contributed by atoms with E-state index in [0.717, 1.165) is 5.92 Å². The van der Waals surface area contributed by atoms with E-state index in [1.807, 2.05) is 0 Å². The smallest absolute Gasteiger partial charge is 0.00205 e. The SMILES string of the molecule is c1ccc(C2CNCC3(CC3)C2)cc1. The van der Waals surface area contributed by atoms with Gasteiger partial charge in [0.25, 0.3) is 0 Å². The zero-order chi connectivity index (χ0) is 9.43. The van der Waals surface area contributed by atoms with Crippen molar-refractivity contribution in [1.29, 1.82) is 0 Å². The molecule has 1 spiro atoms. The van der Waals surface area contributed by atoms with Gasteiger partial charge in [-0.3, -0.25) is 0 Å². The molecule has 1 aromatic rings. The molecule has 1 aliphatic carbocycles. The van der Waals surface area contributed by atoms with Crippen molar-refractivity contribution in [2.75, 3.05) is 13.1 Å². The normalized spacial score (nSPS) is 29.0. The second kappa shape index (κ2) is 3.09. The van der Waals surface area contributed by atoms with E-state index in [1.54, 1.807) is 0 Å². The third-order valence-electron chi connectivity index (χ3n) is 3.80. The zero-order valence-corrected chi connectivity index (χ0v) is 8.50. The Kier molecular flexibility index (Phi) is 1.88. The quantitative estimate of drug-likeness (QED) is 0.712. The molecule has 1 heteroatoms. The summed E-state index contributed by atoms with van der Waals surface area (Å²) in [6, 6.07) is 11.0. The van der Waals surface area contributed by atoms with Gasteiger partial charge < -0.3 is 5.32 Å². The predicted molar refractivity (Wildman–Crippen MR) is 58.3 cm³/mol. The highest BCUT2D eigenvalue weighted by Gasteiger charge is 2.45. The van der Waals surface area contributed by atoms with Crippen molar-refractivity contribution >= 4 is 0 Å². The fraction of sp³-hybridized carbons (Fsp3) is 0.538. The maximum Gasteiger partial charge on any atom is 0.00205 e. The summed E-state index contributed by atoms with van der Waals surface area (Å²) < 4.78 is 0. The molecule has 1 N–H and O–H groups in total. The van der Waals surface area contributed by atoms with Crippen molar-refractivity contribution in [3.8, 4) is 0 Å². The Bertz CT molecular complexity index is 313. The largest absolute Gasteiger partial charge is 0.316 e. The summed E-state index contributed by atoms with van der Waals surface area (Å²) >= 11 is 0. The second-order valence-corrected chi connectivity index (χ2v) is 4.94. The highest BCUT2D eigenvalue weighted by Crippen LogP contribution is 2.53. The van der Waals surface area contributed by atoms with Crippen LogP contribution in [-0.2, 0) is 0 Å². The molecular weight excluding hydrogens is 170 g/mol. The molecule has 0 radical (unpaired) electrons. The van der Waals surface area contributed by atoms with Crippen molar-refractivity contribution < 1.29 is 0 Å².